The Morgan fingerprint density at radius 2 is 2.04 bits per heavy atom. The Morgan fingerprint density at radius 3 is 2.77 bits per heavy atom. The van der Waals surface area contributed by atoms with E-state index in [2.05, 4.69) is 10.3 Å². The first-order chi connectivity index (χ1) is 12.5. The number of halogens is 2. The standard InChI is InChI=1S/C19H17ClFN3OS/c1-24(11-18(25)22-16-4-2-3-15(21)9-16)10-17-12-26-19(23-17)13-5-7-14(20)8-6-13/h2-9,12H,10-11H2,1H3,(H,22,25). The van der Waals surface area contributed by atoms with Gasteiger partial charge in [-0.3, -0.25) is 9.69 Å². The minimum atomic E-state index is -0.381. The third-order valence-corrected chi connectivity index (χ3v) is 4.79. The number of nitrogens with zero attached hydrogens (tertiary/aromatic N) is 2. The topological polar surface area (TPSA) is 45.2 Å². The van der Waals surface area contributed by atoms with Gasteiger partial charge in [-0.15, -0.1) is 11.3 Å². The Morgan fingerprint density at radius 1 is 1.27 bits per heavy atom. The van der Waals surface area contributed by atoms with E-state index in [1.165, 1.54) is 12.1 Å². The molecule has 0 radical (unpaired) electrons. The maximum atomic E-state index is 13.2. The molecule has 26 heavy (non-hydrogen) atoms. The molecule has 3 aromatic rings. The number of thiazole rings is 1. The van der Waals surface area contributed by atoms with Crippen molar-refractivity contribution in [3.05, 3.63) is 70.4 Å². The lowest BCUT2D eigenvalue weighted by atomic mass is 10.2. The van der Waals surface area contributed by atoms with Gasteiger partial charge in [0.1, 0.15) is 10.8 Å². The van der Waals surface area contributed by atoms with E-state index in [0.29, 0.717) is 17.3 Å². The molecule has 134 valence electrons. The number of rotatable bonds is 6. The zero-order valence-corrected chi connectivity index (χ0v) is 15.6. The van der Waals surface area contributed by atoms with Crippen molar-refractivity contribution in [3.63, 3.8) is 0 Å². The van der Waals surface area contributed by atoms with E-state index in [4.69, 9.17) is 11.6 Å². The molecule has 0 spiro atoms. The van der Waals surface area contributed by atoms with Gasteiger partial charge in [-0.05, 0) is 37.4 Å². The van der Waals surface area contributed by atoms with Crippen LogP contribution in [0, 0.1) is 5.82 Å². The van der Waals surface area contributed by atoms with Gasteiger partial charge in [0, 0.05) is 28.2 Å². The Bertz CT molecular complexity index is 898. The van der Waals surface area contributed by atoms with Gasteiger partial charge in [-0.2, -0.15) is 0 Å². The zero-order valence-electron chi connectivity index (χ0n) is 14.1. The molecule has 0 aliphatic heterocycles. The van der Waals surface area contributed by atoms with Gasteiger partial charge in [-0.1, -0.05) is 29.8 Å². The van der Waals surface area contributed by atoms with Crippen LogP contribution in [0.5, 0.6) is 0 Å². The molecule has 0 bridgehead atoms. The summed E-state index contributed by atoms with van der Waals surface area (Å²) in [5.41, 5.74) is 2.35. The van der Waals surface area contributed by atoms with Gasteiger partial charge in [0.05, 0.1) is 12.2 Å². The van der Waals surface area contributed by atoms with Crippen molar-refractivity contribution >= 4 is 34.5 Å². The Kier molecular flexibility index (Phi) is 5.98. The van der Waals surface area contributed by atoms with Crippen molar-refractivity contribution < 1.29 is 9.18 Å². The van der Waals surface area contributed by atoms with E-state index < -0.39 is 0 Å². The number of aromatic nitrogens is 1. The normalized spacial score (nSPS) is 10.9. The molecule has 0 aliphatic carbocycles. The third-order valence-electron chi connectivity index (χ3n) is 3.60. The van der Waals surface area contributed by atoms with Crippen LogP contribution in [0.2, 0.25) is 5.02 Å². The van der Waals surface area contributed by atoms with Crippen LogP contribution in [0.4, 0.5) is 10.1 Å². The predicted octanol–water partition coefficient (Wildman–Crippen LogP) is 4.67. The maximum absolute atomic E-state index is 13.2. The second-order valence-electron chi connectivity index (χ2n) is 5.88. The lowest BCUT2D eigenvalue weighted by Crippen LogP contribution is -2.29. The van der Waals surface area contributed by atoms with Gasteiger partial charge in [-0.25, -0.2) is 9.37 Å². The molecule has 0 unspecified atom stereocenters. The fraction of sp³-hybridized carbons (Fsp3) is 0.158. The van der Waals surface area contributed by atoms with Crippen LogP contribution in [0.15, 0.2) is 53.9 Å². The van der Waals surface area contributed by atoms with Crippen molar-refractivity contribution in [3.8, 4) is 10.6 Å². The average Bonchev–Trinajstić information content (AvgIpc) is 3.03. The van der Waals surface area contributed by atoms with E-state index in [9.17, 15) is 9.18 Å². The monoisotopic (exact) mass is 389 g/mol. The number of benzene rings is 2. The number of likely N-dealkylation sites (N-methyl/N-ethyl adjacent to an activating group) is 1. The Hall–Kier alpha value is -2.28. The molecular weight excluding hydrogens is 373 g/mol. The highest BCUT2D eigenvalue weighted by Gasteiger charge is 2.11. The fourth-order valence-corrected chi connectivity index (χ4v) is 3.39. The molecule has 3 rings (SSSR count). The summed E-state index contributed by atoms with van der Waals surface area (Å²) < 4.78 is 13.2. The van der Waals surface area contributed by atoms with Crippen molar-refractivity contribution in [2.24, 2.45) is 0 Å². The first kappa shape index (κ1) is 18.5. The highest BCUT2D eigenvalue weighted by Crippen LogP contribution is 2.25. The van der Waals surface area contributed by atoms with Gasteiger partial charge >= 0.3 is 0 Å². The summed E-state index contributed by atoms with van der Waals surface area (Å²) in [4.78, 5) is 18.5. The van der Waals surface area contributed by atoms with E-state index in [1.54, 1.807) is 23.5 Å². The molecule has 4 nitrogen and oxygen atoms in total. The number of carbonyl (C=O) groups is 1. The zero-order chi connectivity index (χ0) is 18.5. The van der Waals surface area contributed by atoms with Gasteiger partial charge in [0.15, 0.2) is 0 Å². The summed E-state index contributed by atoms with van der Waals surface area (Å²) in [7, 11) is 1.84. The van der Waals surface area contributed by atoms with Crippen LogP contribution in [0.25, 0.3) is 10.6 Å². The largest absolute Gasteiger partial charge is 0.325 e. The molecular formula is C19H17ClFN3OS. The van der Waals surface area contributed by atoms with Crippen LogP contribution in [-0.2, 0) is 11.3 Å². The first-order valence-corrected chi connectivity index (χ1v) is 9.19. The van der Waals surface area contributed by atoms with Crippen molar-refractivity contribution in [1.29, 1.82) is 0 Å². The summed E-state index contributed by atoms with van der Waals surface area (Å²) in [6.45, 7) is 0.727. The predicted molar refractivity (Wildman–Crippen MR) is 104 cm³/mol. The van der Waals surface area contributed by atoms with E-state index >= 15 is 0 Å². The number of nitrogens with one attached hydrogen (secondary N) is 1. The molecule has 1 N–H and O–H groups in total. The summed E-state index contributed by atoms with van der Waals surface area (Å²) in [6.07, 6.45) is 0. The first-order valence-electron chi connectivity index (χ1n) is 7.94. The lowest BCUT2D eigenvalue weighted by molar-refractivity contribution is -0.117. The molecule has 1 amide bonds. The minimum Gasteiger partial charge on any atom is -0.325 e. The summed E-state index contributed by atoms with van der Waals surface area (Å²) in [5, 5.41) is 6.26. The van der Waals surface area contributed by atoms with Crippen LogP contribution in [-0.4, -0.2) is 29.4 Å². The number of carbonyl (C=O) groups excluding carboxylic acids is 1. The molecule has 0 saturated carbocycles. The minimum absolute atomic E-state index is 0.185. The molecule has 7 heteroatoms. The van der Waals surface area contributed by atoms with E-state index in [1.807, 2.05) is 41.6 Å². The number of hydrogen-bond acceptors (Lipinski definition) is 4. The average molecular weight is 390 g/mol. The summed E-state index contributed by atoms with van der Waals surface area (Å²) in [5.74, 6) is -0.584. The summed E-state index contributed by atoms with van der Waals surface area (Å²) >= 11 is 7.46. The third kappa shape index (κ3) is 5.11. The van der Waals surface area contributed by atoms with Gasteiger partial charge in [0.25, 0.3) is 0 Å². The quantitative estimate of drug-likeness (QED) is 0.666. The van der Waals surface area contributed by atoms with Crippen molar-refractivity contribution in [2.45, 2.75) is 6.54 Å². The van der Waals surface area contributed by atoms with Crippen LogP contribution < -0.4 is 5.32 Å². The molecule has 0 aliphatic rings. The highest BCUT2D eigenvalue weighted by atomic mass is 35.5. The smallest absolute Gasteiger partial charge is 0.238 e. The molecule has 1 heterocycles. The van der Waals surface area contributed by atoms with Crippen molar-refractivity contribution in [2.75, 3.05) is 18.9 Å². The SMILES string of the molecule is CN(CC(=O)Nc1cccc(F)c1)Cc1csc(-c2ccc(Cl)cc2)n1. The molecule has 0 fully saturated rings. The van der Waals surface area contributed by atoms with Crippen LogP contribution in [0.1, 0.15) is 5.69 Å². The molecule has 0 saturated heterocycles. The van der Waals surface area contributed by atoms with Gasteiger partial charge in [0.2, 0.25) is 5.91 Å². The van der Waals surface area contributed by atoms with E-state index in [-0.39, 0.29) is 18.3 Å². The van der Waals surface area contributed by atoms with Crippen molar-refractivity contribution in [1.82, 2.24) is 9.88 Å². The number of hydrogen-bond donors (Lipinski definition) is 1. The highest BCUT2D eigenvalue weighted by molar-refractivity contribution is 7.13. The second-order valence-corrected chi connectivity index (χ2v) is 7.18. The summed E-state index contributed by atoms with van der Waals surface area (Å²) in [6, 6.07) is 13.4. The van der Waals surface area contributed by atoms with E-state index in [0.717, 1.165) is 16.3 Å². The van der Waals surface area contributed by atoms with Crippen LogP contribution >= 0.6 is 22.9 Å². The Labute approximate surface area is 160 Å². The van der Waals surface area contributed by atoms with Crippen LogP contribution in [0.3, 0.4) is 0 Å². The number of amides is 1. The maximum Gasteiger partial charge on any atom is 0.238 e. The second kappa shape index (κ2) is 8.40. The number of anilines is 1. The molecule has 0 atom stereocenters. The van der Waals surface area contributed by atoms with Gasteiger partial charge < -0.3 is 5.32 Å². The molecule has 1 aromatic heterocycles. The fourth-order valence-electron chi connectivity index (χ4n) is 2.45. The lowest BCUT2D eigenvalue weighted by Gasteiger charge is -2.15. The Balaban J connectivity index is 1.55. The molecule has 2 aromatic carbocycles.